The van der Waals surface area contributed by atoms with E-state index in [0.717, 1.165) is 42.1 Å². The van der Waals surface area contributed by atoms with Crippen molar-refractivity contribution in [2.24, 2.45) is 5.73 Å². The van der Waals surface area contributed by atoms with Gasteiger partial charge in [0.25, 0.3) is 23.6 Å². The third-order valence-corrected chi connectivity index (χ3v) is 7.54. The fraction of sp³-hybridized carbons (Fsp3) is 0.125. The van der Waals surface area contributed by atoms with Gasteiger partial charge in [0.1, 0.15) is 0 Å². The zero-order valence-corrected chi connectivity index (χ0v) is 31.8. The van der Waals surface area contributed by atoms with Crippen molar-refractivity contribution in [3.8, 4) is 0 Å². The fourth-order valence-electron chi connectivity index (χ4n) is 5.99. The van der Waals surface area contributed by atoms with E-state index in [4.69, 9.17) is 5.73 Å². The number of benzene rings is 5. The van der Waals surface area contributed by atoms with Crippen LogP contribution in [0.5, 0.6) is 0 Å². The number of nitrogens with two attached hydrogens (primary N) is 1. The van der Waals surface area contributed by atoms with Gasteiger partial charge >= 0.3 is 64.9 Å². The molecule has 0 radical (unpaired) electrons. The minimum absolute atomic E-state index is 0.0155. The molecule has 2 aliphatic heterocycles. The molecule has 45 heavy (non-hydrogen) atoms. The molecule has 4 amide bonds. The molecule has 13 heteroatoms. The molecule has 0 saturated heterocycles. The van der Waals surface area contributed by atoms with Crippen molar-refractivity contribution in [1.82, 2.24) is 15.1 Å². The van der Waals surface area contributed by atoms with E-state index in [-0.39, 0.29) is 31.4 Å². The van der Waals surface area contributed by atoms with Crippen molar-refractivity contribution in [1.29, 1.82) is 0 Å². The van der Waals surface area contributed by atoms with Crippen LogP contribution in [0, 0.1) is 0 Å². The predicted octanol–water partition coefficient (Wildman–Crippen LogP) is 6.64. The molecule has 2 aliphatic rings. The Morgan fingerprint density at radius 2 is 0.933 bits per heavy atom. The number of nitrogens with one attached hydrogen (secondary N) is 1. The fourth-order valence-corrected chi connectivity index (χ4v) is 5.99. The first kappa shape index (κ1) is 35.7. The molecule has 7 rings (SSSR count). The first-order chi connectivity index (χ1) is 21.7. The molecule has 232 valence electrons. The topological polar surface area (TPSA) is 133 Å². The number of hydrogen-bond donors (Lipinski definition) is 3. The van der Waals surface area contributed by atoms with Gasteiger partial charge in [-0.1, -0.05) is 24.3 Å². The average Bonchev–Trinajstić information content (AvgIpc) is 3.05. The van der Waals surface area contributed by atoms with Crippen molar-refractivity contribution < 1.29 is 29.2 Å². The Labute approximate surface area is 297 Å². The Kier molecular flexibility index (Phi) is 12.0. The number of β-amino-alcohol motifs (C(OH)–C–C–N with tert-alkyl or cyclic N) is 1. The number of nitrogens with zero attached hydrogens (tertiary/aromatic N) is 2. The van der Waals surface area contributed by atoms with Crippen LogP contribution >= 0.6 is 59.9 Å². The molecule has 2 heterocycles. The Morgan fingerprint density at radius 1 is 0.622 bits per heavy atom. The van der Waals surface area contributed by atoms with Gasteiger partial charge in [-0.05, 0) is 56.6 Å². The number of carbonyl (C=O) groups is 4. The van der Waals surface area contributed by atoms with Crippen LogP contribution in [0.15, 0.2) is 74.8 Å². The molecule has 5 aromatic carbocycles. The SMILES string of the molecule is C=C.C=C.NCNCN1C(=O)c2ccc3c4ccc5c6c(ccc(c7ccc(c2c37)C1=O)c64)C(=O)N(CCO)C5=O.[I][V]([I])[I]. The van der Waals surface area contributed by atoms with Crippen LogP contribution < -0.4 is 11.1 Å². The molecule has 0 bridgehead atoms. The number of carbonyl (C=O) groups excluding carboxylic acids is 4. The zero-order valence-electron chi connectivity index (χ0n) is 23.9. The molecule has 0 aliphatic carbocycles. The third kappa shape index (κ3) is 6.03. The van der Waals surface area contributed by atoms with Crippen molar-refractivity contribution in [3.05, 3.63) is 97.1 Å². The second kappa shape index (κ2) is 15.1. The summed E-state index contributed by atoms with van der Waals surface area (Å²) in [4.78, 5) is 54.9. The van der Waals surface area contributed by atoms with Gasteiger partial charge in [0, 0.05) is 39.7 Å². The summed E-state index contributed by atoms with van der Waals surface area (Å²) in [6.07, 6.45) is 0. The number of hydrogen-bond acceptors (Lipinski definition) is 7. The summed E-state index contributed by atoms with van der Waals surface area (Å²) in [5, 5.41) is 18.3. The summed E-state index contributed by atoms with van der Waals surface area (Å²) >= 11 is 7.39. The molecule has 9 nitrogen and oxygen atoms in total. The van der Waals surface area contributed by atoms with Gasteiger partial charge in [0.05, 0.1) is 19.8 Å². The second-order valence-electron chi connectivity index (χ2n) is 9.47. The van der Waals surface area contributed by atoms with Gasteiger partial charge in [-0.25, -0.2) is 0 Å². The quantitative estimate of drug-likeness (QED) is 0.0450. The predicted molar refractivity (Wildman–Crippen MR) is 202 cm³/mol. The molecule has 0 saturated carbocycles. The number of halogens is 3. The van der Waals surface area contributed by atoms with Crippen molar-refractivity contribution >= 4 is 127 Å². The number of aliphatic hydroxyl groups is 1. The molecule has 4 N–H and O–H groups in total. The van der Waals surface area contributed by atoms with Gasteiger partial charge < -0.3 is 10.8 Å². The zero-order chi connectivity index (χ0) is 33.2. The van der Waals surface area contributed by atoms with Gasteiger partial charge in [-0.2, -0.15) is 0 Å². The number of imide groups is 2. The second-order valence-corrected chi connectivity index (χ2v) is 44.8. The Hall–Kier alpha value is -2.19. The monoisotopic (exact) mass is 980 g/mol. The first-order valence-corrected chi connectivity index (χ1v) is 26.9. The molecule has 0 unspecified atom stereocenters. The van der Waals surface area contributed by atoms with Crippen LogP contribution in [-0.4, -0.2) is 65.0 Å². The van der Waals surface area contributed by atoms with Gasteiger partial charge in [-0.15, -0.1) is 26.3 Å². The number of rotatable bonds is 5. The van der Waals surface area contributed by atoms with E-state index >= 15 is 0 Å². The van der Waals surface area contributed by atoms with E-state index in [1.54, 1.807) is 24.3 Å². The summed E-state index contributed by atoms with van der Waals surface area (Å²) < 4.78 is 0. The Morgan fingerprint density at radius 3 is 1.22 bits per heavy atom. The standard InChI is InChI=1S/C28H20N4O5.2C2H4.3HI.V/c29-11-30-12-32-27(36)19-7-3-15-13-1-5-17-23-18(26(35)31(9-10-33)25(17)34)6-2-14(21(13)23)16-4-8-20(28(32)37)24(19)22(15)16;2*1-2;;;;/h1-8,30,33H,9-12,29H2;2*1-2H2;3*1H;/q;;;;;;+3/p-3. The van der Waals surface area contributed by atoms with E-state index in [2.05, 4.69) is 91.6 Å². The van der Waals surface area contributed by atoms with Crippen LogP contribution in [0.2, 0.25) is 0 Å². The van der Waals surface area contributed by atoms with Crippen LogP contribution in [0.1, 0.15) is 41.4 Å². The number of aliphatic hydroxyl groups excluding tert-OH is 1. The summed E-state index contributed by atoms with van der Waals surface area (Å²) in [5.41, 5.74) is 7.21. The van der Waals surface area contributed by atoms with Gasteiger partial charge in [0.15, 0.2) is 0 Å². The summed E-state index contributed by atoms with van der Waals surface area (Å²) in [7, 11) is 0. The number of amides is 4. The molecular formula is C32H28I3N4O5V. The van der Waals surface area contributed by atoms with Crippen LogP contribution in [-0.2, 0) is 4.92 Å². The maximum atomic E-state index is 13.3. The van der Waals surface area contributed by atoms with Crippen LogP contribution in [0.4, 0.5) is 0 Å². The summed E-state index contributed by atoms with van der Waals surface area (Å²) in [6, 6.07) is 14.3. The minimum atomic E-state index is -0.436. The van der Waals surface area contributed by atoms with Gasteiger partial charge in [-0.3, -0.25) is 34.3 Å². The Balaban J connectivity index is 0.000000527. The Bertz CT molecular complexity index is 1860. The summed E-state index contributed by atoms with van der Waals surface area (Å²) in [5.74, 6) is -1.65. The van der Waals surface area contributed by atoms with Gasteiger partial charge in [0.2, 0.25) is 0 Å². The summed E-state index contributed by atoms with van der Waals surface area (Å²) in [6.45, 7) is 11.8. The van der Waals surface area contributed by atoms with E-state index in [0.29, 0.717) is 33.0 Å². The molecule has 0 atom stereocenters. The van der Waals surface area contributed by atoms with Crippen LogP contribution in [0.3, 0.4) is 0 Å². The van der Waals surface area contributed by atoms with E-state index in [1.165, 1.54) is 0 Å². The molecular weight excluding hydrogens is 952 g/mol. The molecule has 0 fully saturated rings. The average molecular weight is 980 g/mol. The van der Waals surface area contributed by atoms with Crippen LogP contribution in [0.25, 0.3) is 43.1 Å². The number of fused-ring (bicyclic) bond motifs is 2. The van der Waals surface area contributed by atoms with E-state index in [9.17, 15) is 24.3 Å². The van der Waals surface area contributed by atoms with E-state index in [1.807, 2.05) is 24.3 Å². The normalized spacial score (nSPS) is 13.6. The molecule has 0 spiro atoms. The molecule has 0 aromatic heterocycles. The maximum absolute atomic E-state index is 13.3. The molecule has 5 aromatic rings. The van der Waals surface area contributed by atoms with Crippen molar-refractivity contribution in [2.75, 3.05) is 26.5 Å². The van der Waals surface area contributed by atoms with Crippen molar-refractivity contribution in [3.63, 3.8) is 0 Å². The van der Waals surface area contributed by atoms with Crippen molar-refractivity contribution in [2.45, 2.75) is 0 Å². The van der Waals surface area contributed by atoms with E-state index < -0.39 is 23.6 Å². The third-order valence-electron chi connectivity index (χ3n) is 7.54. The first-order valence-electron chi connectivity index (χ1n) is 13.4.